The molecule has 2 heterocycles. The second kappa shape index (κ2) is 9.34. The van der Waals surface area contributed by atoms with Gasteiger partial charge in [0.2, 0.25) is 10.0 Å². The Labute approximate surface area is 196 Å². The van der Waals surface area contributed by atoms with E-state index in [1.165, 1.54) is 42.6 Å². The number of amides is 1. The van der Waals surface area contributed by atoms with Gasteiger partial charge in [0.1, 0.15) is 11.8 Å². The Morgan fingerprint density at radius 3 is 2.36 bits per heavy atom. The summed E-state index contributed by atoms with van der Waals surface area (Å²) in [6, 6.07) is 15.2. The summed E-state index contributed by atoms with van der Waals surface area (Å²) in [5.41, 5.74) is 1.16. The summed E-state index contributed by atoms with van der Waals surface area (Å²) in [6.07, 6.45) is 0. The maximum absolute atomic E-state index is 13.7. The lowest BCUT2D eigenvalue weighted by Crippen LogP contribution is -2.50. The van der Waals surface area contributed by atoms with Gasteiger partial charge in [-0.05, 0) is 47.3 Å². The number of esters is 1. The standard InChI is InChI=1S/C23H22N2O6S2/c1-30-17-9-11-18(12-10-17)33(28,29)25-14-16-6-3-4-7-19(16)24(15-20(25)23(27)31-2)22(26)21-8-5-13-32-21/h3-13,20H,14-15H2,1-2H3. The smallest absolute Gasteiger partial charge is 0.326 e. The van der Waals surface area contributed by atoms with Crippen molar-refractivity contribution in [1.82, 2.24) is 4.31 Å². The van der Waals surface area contributed by atoms with Crippen LogP contribution in [0.5, 0.6) is 5.75 Å². The number of carbonyl (C=O) groups is 2. The molecule has 1 aromatic heterocycles. The zero-order chi connectivity index (χ0) is 23.6. The average molecular weight is 487 g/mol. The van der Waals surface area contributed by atoms with Crippen LogP contribution in [-0.4, -0.2) is 51.4 Å². The Bertz CT molecular complexity index is 1260. The first-order chi connectivity index (χ1) is 15.9. The van der Waals surface area contributed by atoms with Crippen molar-refractivity contribution < 1.29 is 27.5 Å². The molecule has 1 unspecified atom stereocenters. The molecule has 0 radical (unpaired) electrons. The zero-order valence-electron chi connectivity index (χ0n) is 18.0. The number of rotatable bonds is 5. The Kier molecular flexibility index (Phi) is 6.50. The Morgan fingerprint density at radius 1 is 1.00 bits per heavy atom. The van der Waals surface area contributed by atoms with Crippen LogP contribution in [0.3, 0.4) is 0 Å². The highest BCUT2D eigenvalue weighted by Crippen LogP contribution is 2.33. The molecule has 1 aliphatic rings. The maximum atomic E-state index is 13.7. The molecule has 0 fully saturated rings. The van der Waals surface area contributed by atoms with Gasteiger partial charge in [-0.2, -0.15) is 4.31 Å². The number of sulfonamides is 1. The first-order valence-corrected chi connectivity index (χ1v) is 12.4. The van der Waals surface area contributed by atoms with Gasteiger partial charge in [0.25, 0.3) is 5.91 Å². The van der Waals surface area contributed by atoms with Crippen LogP contribution in [0.25, 0.3) is 0 Å². The summed E-state index contributed by atoms with van der Waals surface area (Å²) < 4.78 is 38.5. The molecule has 10 heteroatoms. The molecule has 2 aromatic carbocycles. The molecule has 1 atom stereocenters. The Morgan fingerprint density at radius 2 is 1.73 bits per heavy atom. The first-order valence-electron chi connectivity index (χ1n) is 10.0. The molecule has 0 aliphatic carbocycles. The van der Waals surface area contributed by atoms with E-state index >= 15 is 0 Å². The quantitative estimate of drug-likeness (QED) is 0.515. The lowest BCUT2D eigenvalue weighted by molar-refractivity contribution is -0.144. The van der Waals surface area contributed by atoms with E-state index in [0.717, 1.165) is 4.31 Å². The fourth-order valence-corrected chi connectivity index (χ4v) is 5.96. The van der Waals surface area contributed by atoms with E-state index in [2.05, 4.69) is 0 Å². The van der Waals surface area contributed by atoms with Crippen LogP contribution in [0.2, 0.25) is 0 Å². The van der Waals surface area contributed by atoms with Crippen LogP contribution in [0.1, 0.15) is 15.2 Å². The molecule has 4 rings (SSSR count). The van der Waals surface area contributed by atoms with E-state index < -0.39 is 22.0 Å². The molecule has 0 saturated carbocycles. The fraction of sp³-hybridized carbons (Fsp3) is 0.217. The van der Waals surface area contributed by atoms with E-state index in [-0.39, 0.29) is 23.9 Å². The highest BCUT2D eigenvalue weighted by molar-refractivity contribution is 7.89. The molecule has 1 aliphatic heterocycles. The number of hydrogen-bond donors (Lipinski definition) is 0. The second-order valence-corrected chi connectivity index (χ2v) is 10.1. The largest absolute Gasteiger partial charge is 0.497 e. The number of para-hydroxylation sites is 1. The van der Waals surface area contributed by atoms with Crippen molar-refractivity contribution in [3.05, 3.63) is 76.5 Å². The van der Waals surface area contributed by atoms with Crippen molar-refractivity contribution in [1.29, 1.82) is 0 Å². The van der Waals surface area contributed by atoms with E-state index in [0.29, 0.717) is 21.9 Å². The number of fused-ring (bicyclic) bond motifs is 1. The molecule has 0 spiro atoms. The third kappa shape index (κ3) is 4.37. The lowest BCUT2D eigenvalue weighted by Gasteiger charge is -2.29. The molecule has 33 heavy (non-hydrogen) atoms. The van der Waals surface area contributed by atoms with Gasteiger partial charge in [0, 0.05) is 12.2 Å². The average Bonchev–Trinajstić information content (AvgIpc) is 3.32. The van der Waals surface area contributed by atoms with Crippen LogP contribution >= 0.6 is 11.3 Å². The summed E-state index contributed by atoms with van der Waals surface area (Å²) in [7, 11) is -1.43. The minimum Gasteiger partial charge on any atom is -0.497 e. The number of hydrogen-bond acceptors (Lipinski definition) is 7. The van der Waals surface area contributed by atoms with E-state index in [1.54, 1.807) is 53.9 Å². The molecule has 3 aromatic rings. The Balaban J connectivity index is 1.82. The molecule has 1 amide bonds. The van der Waals surface area contributed by atoms with Crippen LogP contribution in [0, 0.1) is 0 Å². The molecular weight excluding hydrogens is 464 g/mol. The van der Waals surface area contributed by atoms with Crippen molar-refractivity contribution in [3.63, 3.8) is 0 Å². The van der Waals surface area contributed by atoms with Crippen LogP contribution in [0.4, 0.5) is 5.69 Å². The van der Waals surface area contributed by atoms with Crippen molar-refractivity contribution in [2.45, 2.75) is 17.5 Å². The number of benzene rings is 2. The van der Waals surface area contributed by atoms with Gasteiger partial charge in [-0.1, -0.05) is 24.3 Å². The van der Waals surface area contributed by atoms with Crippen LogP contribution in [0.15, 0.2) is 70.9 Å². The minimum absolute atomic E-state index is 0.00715. The van der Waals surface area contributed by atoms with Gasteiger partial charge in [-0.15, -0.1) is 11.3 Å². The summed E-state index contributed by atoms with van der Waals surface area (Å²) in [6.45, 7) is -0.283. The molecular formula is C23H22N2O6S2. The summed E-state index contributed by atoms with van der Waals surface area (Å²) in [4.78, 5) is 28.1. The summed E-state index contributed by atoms with van der Waals surface area (Å²) in [5.74, 6) is -0.550. The zero-order valence-corrected chi connectivity index (χ0v) is 19.6. The van der Waals surface area contributed by atoms with E-state index in [1.807, 2.05) is 0 Å². The van der Waals surface area contributed by atoms with Crippen molar-refractivity contribution in [2.24, 2.45) is 0 Å². The molecule has 0 bridgehead atoms. The van der Waals surface area contributed by atoms with Gasteiger partial charge in [0.05, 0.1) is 30.5 Å². The maximum Gasteiger partial charge on any atom is 0.326 e. The van der Waals surface area contributed by atoms with Gasteiger partial charge in [-0.3, -0.25) is 9.59 Å². The van der Waals surface area contributed by atoms with Crippen molar-refractivity contribution in [3.8, 4) is 5.75 Å². The van der Waals surface area contributed by atoms with Gasteiger partial charge in [0.15, 0.2) is 0 Å². The topological polar surface area (TPSA) is 93.2 Å². The number of ether oxygens (including phenoxy) is 2. The normalized spacial score (nSPS) is 16.5. The highest BCUT2D eigenvalue weighted by atomic mass is 32.2. The predicted octanol–water partition coefficient (Wildman–Crippen LogP) is 3.15. The lowest BCUT2D eigenvalue weighted by atomic mass is 10.1. The first kappa shape index (κ1) is 23.0. The van der Waals surface area contributed by atoms with E-state index in [4.69, 9.17) is 9.47 Å². The summed E-state index contributed by atoms with van der Waals surface area (Å²) >= 11 is 1.28. The number of nitrogens with zero attached hydrogens (tertiary/aromatic N) is 2. The van der Waals surface area contributed by atoms with E-state index in [9.17, 15) is 18.0 Å². The highest BCUT2D eigenvalue weighted by Gasteiger charge is 2.42. The number of thiophene rings is 1. The number of carbonyl (C=O) groups excluding carboxylic acids is 2. The number of anilines is 1. The Hall–Kier alpha value is -3.21. The molecule has 0 N–H and O–H groups in total. The molecule has 172 valence electrons. The molecule has 8 nitrogen and oxygen atoms in total. The summed E-state index contributed by atoms with van der Waals surface area (Å²) in [5, 5.41) is 1.79. The SMILES string of the molecule is COC(=O)C1CN(C(=O)c2cccs2)c2ccccc2CN1S(=O)(=O)c1ccc(OC)cc1. The monoisotopic (exact) mass is 486 g/mol. The van der Waals surface area contributed by atoms with Gasteiger partial charge in [-0.25, -0.2) is 8.42 Å². The fourth-order valence-electron chi connectivity index (χ4n) is 3.74. The second-order valence-electron chi connectivity index (χ2n) is 7.29. The molecule has 0 saturated heterocycles. The predicted molar refractivity (Wildman–Crippen MR) is 124 cm³/mol. The third-order valence-corrected chi connectivity index (χ3v) is 8.15. The van der Waals surface area contributed by atoms with Crippen LogP contribution < -0.4 is 9.64 Å². The van der Waals surface area contributed by atoms with Crippen LogP contribution in [-0.2, 0) is 26.1 Å². The van der Waals surface area contributed by atoms with Crippen molar-refractivity contribution >= 4 is 38.9 Å². The third-order valence-electron chi connectivity index (χ3n) is 5.43. The van der Waals surface area contributed by atoms with Gasteiger partial charge < -0.3 is 14.4 Å². The van der Waals surface area contributed by atoms with Crippen molar-refractivity contribution in [2.75, 3.05) is 25.7 Å². The minimum atomic E-state index is -4.12. The van der Waals surface area contributed by atoms with Gasteiger partial charge >= 0.3 is 5.97 Å². The number of methoxy groups -OCH3 is 2.